The number of carboxylic acids is 1. The third-order valence-electron chi connectivity index (χ3n) is 4.81. The summed E-state index contributed by atoms with van der Waals surface area (Å²) in [6, 6.07) is 2.79. The molecule has 0 aliphatic rings. The molecule has 34 heavy (non-hydrogen) atoms. The van der Waals surface area contributed by atoms with Crippen LogP contribution in [-0.2, 0) is 20.1 Å². The minimum Gasteiger partial charge on any atom is -0.493 e. The van der Waals surface area contributed by atoms with E-state index in [0.29, 0.717) is 39.1 Å². The van der Waals surface area contributed by atoms with Crippen LogP contribution in [-0.4, -0.2) is 64.5 Å². The van der Waals surface area contributed by atoms with Gasteiger partial charge < -0.3 is 28.2 Å². The summed E-state index contributed by atoms with van der Waals surface area (Å²) in [5, 5.41) is 9.13. The molecule has 0 bridgehead atoms. The van der Waals surface area contributed by atoms with Crippen LogP contribution in [0.4, 0.5) is 0 Å². The van der Waals surface area contributed by atoms with Crippen molar-refractivity contribution in [3.63, 3.8) is 0 Å². The van der Waals surface area contributed by atoms with Crippen LogP contribution in [0.1, 0.15) is 24.5 Å². The summed E-state index contributed by atoms with van der Waals surface area (Å²) >= 11 is 0. The van der Waals surface area contributed by atoms with Gasteiger partial charge in [0.1, 0.15) is 15.4 Å². The zero-order valence-corrected chi connectivity index (χ0v) is 25.4. The normalized spacial score (nSPS) is 13.4. The van der Waals surface area contributed by atoms with E-state index in [9.17, 15) is 4.79 Å². The predicted octanol–water partition coefficient (Wildman–Crippen LogP) is 5.49. The molecule has 1 N–H and O–H groups in total. The lowest BCUT2D eigenvalue weighted by Crippen LogP contribution is -2.43. The highest BCUT2D eigenvalue weighted by molar-refractivity contribution is 6.71. The Morgan fingerprint density at radius 1 is 1.00 bits per heavy atom. The van der Waals surface area contributed by atoms with Gasteiger partial charge in [0, 0.05) is 11.6 Å². The maximum Gasteiger partial charge on any atom is 0.328 e. The van der Waals surface area contributed by atoms with Gasteiger partial charge in [0.05, 0.1) is 21.3 Å². The van der Waals surface area contributed by atoms with E-state index >= 15 is 0 Å². The molecule has 0 heterocycles. The predicted molar refractivity (Wildman–Crippen MR) is 143 cm³/mol. The van der Waals surface area contributed by atoms with Crippen LogP contribution in [0.15, 0.2) is 12.1 Å². The van der Waals surface area contributed by atoms with Crippen LogP contribution in [0, 0.1) is 5.92 Å². The number of aliphatic carboxylic acids is 1. The highest BCUT2D eigenvalue weighted by atomic mass is 28.4. The molecule has 1 aromatic carbocycles. The largest absolute Gasteiger partial charge is 0.493 e. The average molecular weight is 527 g/mol. The summed E-state index contributed by atoms with van der Waals surface area (Å²) in [6.07, 6.45) is 4.32. The van der Waals surface area contributed by atoms with Crippen LogP contribution < -0.4 is 14.2 Å². The molecule has 10 heteroatoms. The van der Waals surface area contributed by atoms with Crippen molar-refractivity contribution in [1.82, 2.24) is 0 Å². The topological polar surface area (TPSA) is 83.5 Å². The van der Waals surface area contributed by atoms with Crippen molar-refractivity contribution < 1.29 is 33.0 Å². The summed E-state index contributed by atoms with van der Waals surface area (Å²) in [6.45, 7) is 15.4. The van der Waals surface area contributed by atoms with Crippen LogP contribution in [0.5, 0.6) is 17.2 Å². The highest BCUT2D eigenvalue weighted by Crippen LogP contribution is 2.43. The number of rotatable bonds is 15. The van der Waals surface area contributed by atoms with Gasteiger partial charge in [-0.25, -0.2) is 4.79 Å². The first-order chi connectivity index (χ1) is 15.7. The molecule has 1 rings (SSSR count). The van der Waals surface area contributed by atoms with E-state index < -0.39 is 22.6 Å². The smallest absolute Gasteiger partial charge is 0.328 e. The van der Waals surface area contributed by atoms with Gasteiger partial charge in [0.2, 0.25) is 5.75 Å². The van der Waals surface area contributed by atoms with Crippen molar-refractivity contribution in [1.29, 1.82) is 0 Å². The van der Waals surface area contributed by atoms with Gasteiger partial charge >= 0.3 is 5.97 Å². The van der Waals surface area contributed by atoms with Gasteiger partial charge in [-0.1, -0.05) is 13.0 Å². The van der Waals surface area contributed by atoms with Gasteiger partial charge in [-0.15, -0.1) is 0 Å². The summed E-state index contributed by atoms with van der Waals surface area (Å²) in [5.41, 5.74) is 1.65. The Morgan fingerprint density at radius 3 is 2.00 bits per heavy atom. The average Bonchev–Trinajstić information content (AvgIpc) is 2.71. The lowest BCUT2D eigenvalue weighted by atomic mass is 9.96. The van der Waals surface area contributed by atoms with Crippen molar-refractivity contribution >= 4 is 38.2 Å². The zero-order valence-electron chi connectivity index (χ0n) is 22.4. The third-order valence-corrected chi connectivity index (χ3v) is 8.63. The molecule has 7 nitrogen and oxygen atoms in total. The van der Waals surface area contributed by atoms with E-state index in [0.717, 1.165) is 29.7 Å². The van der Waals surface area contributed by atoms with E-state index in [1.807, 2.05) is 0 Å². The quantitative estimate of drug-likeness (QED) is 0.184. The number of hydrogen-bond donors (Lipinski definition) is 1. The minimum atomic E-state index is -1.71. The van der Waals surface area contributed by atoms with E-state index in [1.165, 1.54) is 0 Å². The Bertz CT molecular complexity index is 813. The van der Waals surface area contributed by atoms with Gasteiger partial charge in [-0.05, 0) is 75.7 Å². The van der Waals surface area contributed by atoms with Crippen LogP contribution in [0.25, 0.3) is 6.08 Å². The number of methoxy groups -OCH3 is 3. The monoisotopic (exact) mass is 526 g/mol. The lowest BCUT2D eigenvalue weighted by Gasteiger charge is -2.32. The third kappa shape index (κ3) is 10.8. The fourth-order valence-corrected chi connectivity index (χ4v) is 8.41. The molecule has 0 aliphatic heterocycles. The van der Waals surface area contributed by atoms with E-state index in [4.69, 9.17) is 28.2 Å². The first-order valence-electron chi connectivity index (χ1n) is 11.5. The fourth-order valence-electron chi connectivity index (χ4n) is 3.34. The van der Waals surface area contributed by atoms with Crippen LogP contribution in [0.3, 0.4) is 0 Å². The Kier molecular flexibility index (Phi) is 12.1. The number of hydrogen-bond acceptors (Lipinski definition) is 6. The standard InChI is InChI=1S/C24H42O7Si3/c1-17(16-32-24(30-33(5,6)7)31-34(8,9)10)11-13-19-18(12-14-21(25)26)15-20(27-2)23(29-4)22(19)28-3/h12,14-15,17,24H,11,13,16H2,1-10H3,(H,25,26). The summed E-state index contributed by atoms with van der Waals surface area (Å²) < 4.78 is 29.4. The molecule has 1 unspecified atom stereocenters. The highest BCUT2D eigenvalue weighted by Gasteiger charge is 2.28. The zero-order chi connectivity index (χ0) is 26.1. The van der Waals surface area contributed by atoms with Gasteiger partial charge in [0.15, 0.2) is 28.1 Å². The molecule has 0 saturated carbocycles. The molecule has 0 fully saturated rings. The Labute approximate surface area is 209 Å². The van der Waals surface area contributed by atoms with Gasteiger partial charge in [0.25, 0.3) is 0 Å². The maximum absolute atomic E-state index is 11.1. The van der Waals surface area contributed by atoms with Crippen molar-refractivity contribution in [3.8, 4) is 17.2 Å². The maximum atomic E-state index is 11.1. The van der Waals surface area contributed by atoms with E-state index in [-0.39, 0.29) is 5.91 Å². The van der Waals surface area contributed by atoms with Gasteiger partial charge in [-0.3, -0.25) is 0 Å². The number of carboxylic acid groups (broad SMARTS) is 1. The summed E-state index contributed by atoms with van der Waals surface area (Å²) in [4.78, 5) is 11.1. The molecule has 0 spiro atoms. The second-order valence-electron chi connectivity index (χ2n) is 10.2. The Morgan fingerprint density at radius 2 is 1.56 bits per heavy atom. The van der Waals surface area contributed by atoms with Crippen LogP contribution >= 0.6 is 0 Å². The first kappa shape index (κ1) is 30.4. The summed E-state index contributed by atoms with van der Waals surface area (Å²) in [5.74, 6) is 0.858. The Hall–Kier alpha value is -1.60. The summed E-state index contributed by atoms with van der Waals surface area (Å²) in [7, 11) is 1.83. The van der Waals surface area contributed by atoms with Gasteiger partial charge in [-0.2, -0.15) is 0 Å². The molecule has 0 aliphatic carbocycles. The molecular weight excluding hydrogens is 485 g/mol. The molecule has 0 aromatic heterocycles. The molecule has 1 aromatic rings. The second-order valence-corrected chi connectivity index (χ2v) is 20.4. The van der Waals surface area contributed by atoms with Crippen molar-refractivity contribution in [2.45, 2.75) is 71.0 Å². The molecule has 0 amide bonds. The number of benzene rings is 1. The van der Waals surface area contributed by atoms with Crippen molar-refractivity contribution in [3.05, 3.63) is 23.3 Å². The molecule has 2 radical (unpaired) electrons. The van der Waals surface area contributed by atoms with Crippen molar-refractivity contribution in [2.75, 3.05) is 21.3 Å². The van der Waals surface area contributed by atoms with E-state index in [1.54, 1.807) is 33.5 Å². The Balaban J connectivity index is 3.06. The SMILES string of the molecule is COc1cc(C=CC(=O)O)c(CCC(C)C[Si]C(O[Si](C)(C)C)O[Si](C)(C)C)c(OC)c1OC. The number of carbonyl (C=O) groups is 1. The molecular formula is C24H42O7Si3. The van der Waals surface area contributed by atoms with E-state index in [2.05, 4.69) is 46.2 Å². The number of ether oxygens (including phenoxy) is 3. The minimum absolute atomic E-state index is 0.134. The second kappa shape index (κ2) is 13.5. The lowest BCUT2D eigenvalue weighted by molar-refractivity contribution is -0.131. The molecule has 1 atom stereocenters. The molecule has 0 saturated heterocycles. The van der Waals surface area contributed by atoms with Crippen molar-refractivity contribution in [2.24, 2.45) is 5.92 Å². The molecule has 192 valence electrons. The fraction of sp³-hybridized carbons (Fsp3) is 0.625. The van der Waals surface area contributed by atoms with Crippen LogP contribution in [0.2, 0.25) is 45.3 Å². The first-order valence-corrected chi connectivity index (χ1v) is 19.6.